The molecule has 1 saturated heterocycles. The molecule has 1 aliphatic rings. The van der Waals surface area contributed by atoms with E-state index in [9.17, 15) is 0 Å². The van der Waals surface area contributed by atoms with Crippen molar-refractivity contribution in [3.8, 4) is 0 Å². The van der Waals surface area contributed by atoms with Crippen LogP contribution in [0.3, 0.4) is 0 Å². The Morgan fingerprint density at radius 1 is 1.00 bits per heavy atom. The van der Waals surface area contributed by atoms with Gasteiger partial charge in [-0.3, -0.25) is 9.80 Å². The van der Waals surface area contributed by atoms with Crippen molar-refractivity contribution < 1.29 is 0 Å². The molecule has 1 aliphatic heterocycles. The number of hydrogen-bond donors (Lipinski definition) is 1. The van der Waals surface area contributed by atoms with Crippen molar-refractivity contribution in [2.24, 2.45) is 0 Å². The molecule has 0 spiro atoms. The highest BCUT2D eigenvalue weighted by atomic mass is 15.3. The summed E-state index contributed by atoms with van der Waals surface area (Å²) in [6.45, 7) is 13.8. The van der Waals surface area contributed by atoms with E-state index in [-0.39, 0.29) is 7.43 Å². The SMILES string of the molecule is C.CC.CC.CN(C)CN1CCNCC1. The number of nitrogens with one attached hydrogen (secondary N) is 1. The first-order valence-corrected chi connectivity index (χ1v) is 5.87. The summed E-state index contributed by atoms with van der Waals surface area (Å²) in [6, 6.07) is 0. The minimum absolute atomic E-state index is 0. The largest absolute Gasteiger partial charge is 0.314 e. The van der Waals surface area contributed by atoms with Crippen LogP contribution < -0.4 is 5.32 Å². The van der Waals surface area contributed by atoms with Gasteiger partial charge in [-0.25, -0.2) is 0 Å². The predicted molar refractivity (Wildman–Crippen MR) is 72.4 cm³/mol. The molecule has 1 rings (SSSR count). The van der Waals surface area contributed by atoms with E-state index < -0.39 is 0 Å². The summed E-state index contributed by atoms with van der Waals surface area (Å²) in [5, 5.41) is 3.33. The smallest absolute Gasteiger partial charge is 0.0501 e. The molecule has 0 unspecified atom stereocenters. The van der Waals surface area contributed by atoms with E-state index in [4.69, 9.17) is 0 Å². The summed E-state index contributed by atoms with van der Waals surface area (Å²) >= 11 is 0. The minimum atomic E-state index is 0. The van der Waals surface area contributed by atoms with Gasteiger partial charge < -0.3 is 5.32 Å². The van der Waals surface area contributed by atoms with E-state index in [1.165, 1.54) is 13.1 Å². The Morgan fingerprint density at radius 2 is 1.40 bits per heavy atom. The molecule has 1 N–H and O–H groups in total. The first-order valence-electron chi connectivity index (χ1n) is 5.87. The molecule has 0 aromatic carbocycles. The molecule has 0 saturated carbocycles. The van der Waals surface area contributed by atoms with Gasteiger partial charge in [0.15, 0.2) is 0 Å². The summed E-state index contributed by atoms with van der Waals surface area (Å²) in [5.41, 5.74) is 0. The fourth-order valence-corrected chi connectivity index (χ4v) is 1.25. The normalized spacial score (nSPS) is 15.4. The Labute approximate surface area is 97.8 Å². The van der Waals surface area contributed by atoms with Crippen LogP contribution in [0.1, 0.15) is 35.1 Å². The van der Waals surface area contributed by atoms with Gasteiger partial charge in [0.25, 0.3) is 0 Å². The average molecular weight is 219 g/mol. The van der Waals surface area contributed by atoms with Crippen LogP contribution in [0.4, 0.5) is 0 Å². The number of nitrogens with zero attached hydrogens (tertiary/aromatic N) is 2. The first-order chi connectivity index (χ1) is 6.79. The molecule has 0 bridgehead atoms. The van der Waals surface area contributed by atoms with Crippen molar-refractivity contribution >= 4 is 0 Å². The van der Waals surface area contributed by atoms with Gasteiger partial charge in [0.1, 0.15) is 0 Å². The maximum Gasteiger partial charge on any atom is 0.0501 e. The van der Waals surface area contributed by atoms with Gasteiger partial charge in [-0.2, -0.15) is 0 Å². The molecule has 1 heterocycles. The van der Waals surface area contributed by atoms with Gasteiger partial charge in [-0.05, 0) is 14.1 Å². The fraction of sp³-hybridized carbons (Fsp3) is 1.00. The molecule has 3 nitrogen and oxygen atoms in total. The third kappa shape index (κ3) is 13.9. The van der Waals surface area contributed by atoms with Crippen molar-refractivity contribution in [1.82, 2.24) is 15.1 Å². The van der Waals surface area contributed by atoms with E-state index in [0.717, 1.165) is 19.8 Å². The van der Waals surface area contributed by atoms with Crippen molar-refractivity contribution in [3.05, 3.63) is 0 Å². The van der Waals surface area contributed by atoms with Crippen LogP contribution >= 0.6 is 0 Å². The molecule has 0 aliphatic carbocycles. The average Bonchev–Trinajstić information content (AvgIpc) is 2.24. The number of piperazine rings is 1. The molecule has 15 heavy (non-hydrogen) atoms. The maximum absolute atomic E-state index is 3.33. The van der Waals surface area contributed by atoms with Gasteiger partial charge in [0.2, 0.25) is 0 Å². The number of hydrogen-bond acceptors (Lipinski definition) is 3. The van der Waals surface area contributed by atoms with Gasteiger partial charge in [0, 0.05) is 26.2 Å². The molecule has 0 amide bonds. The van der Waals surface area contributed by atoms with Crippen LogP contribution in [0, 0.1) is 0 Å². The first kappa shape index (κ1) is 20.3. The van der Waals surface area contributed by atoms with Gasteiger partial charge >= 0.3 is 0 Å². The minimum Gasteiger partial charge on any atom is -0.314 e. The molecular weight excluding hydrogens is 186 g/mol. The third-order valence-electron chi connectivity index (χ3n) is 1.69. The molecule has 3 heteroatoms. The standard InChI is InChI=1S/C7H17N3.2C2H6.CH4/c1-9(2)7-10-5-3-8-4-6-10;2*1-2;/h8H,3-7H2,1-2H3;2*1-2H3;1H4. The molecule has 0 atom stereocenters. The van der Waals surface area contributed by atoms with Crippen molar-refractivity contribution in [2.75, 3.05) is 46.9 Å². The zero-order chi connectivity index (χ0) is 11.4. The van der Waals surface area contributed by atoms with Gasteiger partial charge in [-0.1, -0.05) is 35.1 Å². The second kappa shape index (κ2) is 16.3. The maximum atomic E-state index is 3.33. The molecule has 0 aromatic rings. The Balaban J connectivity index is -0.000000258. The topological polar surface area (TPSA) is 18.5 Å². The molecular formula is C12H33N3. The molecule has 0 radical (unpaired) electrons. The second-order valence-electron chi connectivity index (χ2n) is 3.09. The molecule has 0 aromatic heterocycles. The highest BCUT2D eigenvalue weighted by Gasteiger charge is 2.08. The lowest BCUT2D eigenvalue weighted by Gasteiger charge is -2.29. The third-order valence-corrected chi connectivity index (χ3v) is 1.69. The van der Waals surface area contributed by atoms with E-state index in [0.29, 0.717) is 0 Å². The predicted octanol–water partition coefficient (Wildman–Crippen LogP) is 2.10. The highest BCUT2D eigenvalue weighted by Crippen LogP contribution is 1.91. The summed E-state index contributed by atoms with van der Waals surface area (Å²) in [7, 11) is 4.23. The lowest BCUT2D eigenvalue weighted by Crippen LogP contribution is -2.46. The summed E-state index contributed by atoms with van der Waals surface area (Å²) in [6.07, 6.45) is 0. The quantitative estimate of drug-likeness (QED) is 0.767. The Morgan fingerprint density at radius 3 is 1.73 bits per heavy atom. The van der Waals surface area contributed by atoms with Crippen LogP contribution in [0.2, 0.25) is 0 Å². The van der Waals surface area contributed by atoms with E-state index in [1.54, 1.807) is 0 Å². The monoisotopic (exact) mass is 219 g/mol. The lowest BCUT2D eigenvalue weighted by atomic mass is 10.4. The van der Waals surface area contributed by atoms with Crippen LogP contribution in [-0.4, -0.2) is 56.7 Å². The highest BCUT2D eigenvalue weighted by molar-refractivity contribution is 4.65. The summed E-state index contributed by atoms with van der Waals surface area (Å²) in [4.78, 5) is 4.67. The molecule has 1 fully saturated rings. The Bertz CT molecular complexity index is 88.9. The zero-order valence-corrected chi connectivity index (χ0v) is 10.9. The van der Waals surface area contributed by atoms with Gasteiger partial charge in [-0.15, -0.1) is 0 Å². The van der Waals surface area contributed by atoms with Crippen molar-refractivity contribution in [3.63, 3.8) is 0 Å². The fourth-order valence-electron chi connectivity index (χ4n) is 1.25. The van der Waals surface area contributed by atoms with Gasteiger partial charge in [0.05, 0.1) is 6.67 Å². The Kier molecular flexibility index (Phi) is 22.1. The van der Waals surface area contributed by atoms with E-state index in [2.05, 4.69) is 29.2 Å². The van der Waals surface area contributed by atoms with Crippen LogP contribution in [-0.2, 0) is 0 Å². The summed E-state index contributed by atoms with van der Waals surface area (Å²) < 4.78 is 0. The Hall–Kier alpha value is -0.120. The second-order valence-corrected chi connectivity index (χ2v) is 3.09. The zero-order valence-electron chi connectivity index (χ0n) is 10.9. The molecule has 96 valence electrons. The van der Waals surface area contributed by atoms with Crippen molar-refractivity contribution in [1.29, 1.82) is 0 Å². The van der Waals surface area contributed by atoms with Crippen LogP contribution in [0.15, 0.2) is 0 Å². The van der Waals surface area contributed by atoms with Crippen molar-refractivity contribution in [2.45, 2.75) is 35.1 Å². The van der Waals surface area contributed by atoms with Crippen LogP contribution in [0.5, 0.6) is 0 Å². The van der Waals surface area contributed by atoms with E-state index in [1.807, 2.05) is 27.7 Å². The lowest BCUT2D eigenvalue weighted by molar-refractivity contribution is 0.158. The number of rotatable bonds is 2. The van der Waals surface area contributed by atoms with Crippen LogP contribution in [0.25, 0.3) is 0 Å². The summed E-state index contributed by atoms with van der Waals surface area (Å²) in [5.74, 6) is 0. The van der Waals surface area contributed by atoms with E-state index >= 15 is 0 Å².